The predicted octanol–water partition coefficient (Wildman–Crippen LogP) is 20.0. The fourth-order valence-electron chi connectivity index (χ4n) is 10.6. The van der Waals surface area contributed by atoms with Crippen molar-refractivity contribution < 1.29 is 80.2 Å². The summed E-state index contributed by atoms with van der Waals surface area (Å²) in [6.45, 7) is 9.49. The van der Waals surface area contributed by atoms with Crippen LogP contribution in [-0.2, 0) is 65.4 Å². The number of phosphoric acid groups is 2. The topological polar surface area (TPSA) is 237 Å². The largest absolute Gasteiger partial charge is 0.472 e. The van der Waals surface area contributed by atoms with Gasteiger partial charge in [0.25, 0.3) is 0 Å². The Labute approximate surface area is 543 Å². The van der Waals surface area contributed by atoms with Crippen LogP contribution in [0.25, 0.3) is 0 Å². The smallest absolute Gasteiger partial charge is 0.462 e. The number of rotatable bonds is 69. The third kappa shape index (κ3) is 64.6. The molecule has 0 saturated heterocycles. The summed E-state index contributed by atoms with van der Waals surface area (Å²) in [5.74, 6) is -0.659. The Bertz CT molecular complexity index is 1730. The van der Waals surface area contributed by atoms with Crippen LogP contribution in [0.3, 0.4) is 0 Å². The lowest BCUT2D eigenvalue weighted by Crippen LogP contribution is -2.30. The summed E-state index contributed by atoms with van der Waals surface area (Å²) in [4.78, 5) is 72.5. The molecule has 528 valence electrons. The number of aliphatic hydroxyl groups is 1. The van der Waals surface area contributed by atoms with Gasteiger partial charge in [0.1, 0.15) is 19.3 Å². The van der Waals surface area contributed by atoms with E-state index in [4.69, 9.17) is 37.0 Å². The SMILES string of the molecule is CCCCCCCCCCCCCCCCCC(=O)O[C@H](COC(=O)CCCCCCCCCCCCC(C)C)COP(=O)(O)OC[C@@H](O)COP(=O)(O)OC[C@@H](COC(=O)CCCCCCCCCC(C)C)OC(=O)CCCCCCCCCCCCC. The standard InChI is InChI=1S/C70H136O17P2/c1-7-9-11-13-15-17-19-20-21-22-24-30-36-43-49-55-70(75)86-65(58-80-67(72)52-46-40-34-28-26-25-27-32-38-44-50-62(3)4)60-84-88(76,77)82-56-64(71)57-83-89(78,79)85-61-66(59-81-68(73)53-47-41-37-31-33-39-45-51-63(5)6)87-69(74)54-48-42-35-29-23-18-16-14-12-10-8-2/h62-66,71H,7-61H2,1-6H3,(H,76,77)(H,78,79)/t64-,65-,66-/m1/s1. The lowest BCUT2D eigenvalue weighted by atomic mass is 10.0. The van der Waals surface area contributed by atoms with E-state index in [9.17, 15) is 43.2 Å². The van der Waals surface area contributed by atoms with E-state index in [1.54, 1.807) is 0 Å². The average molecular weight is 1310 g/mol. The monoisotopic (exact) mass is 1310 g/mol. The van der Waals surface area contributed by atoms with E-state index in [1.165, 1.54) is 167 Å². The average Bonchev–Trinajstić information content (AvgIpc) is 3.71. The van der Waals surface area contributed by atoms with Crippen LogP contribution in [0.15, 0.2) is 0 Å². The highest BCUT2D eigenvalue weighted by atomic mass is 31.2. The van der Waals surface area contributed by atoms with Gasteiger partial charge in [-0.05, 0) is 37.5 Å². The summed E-state index contributed by atoms with van der Waals surface area (Å²) in [6, 6.07) is 0. The number of hydrogen-bond donors (Lipinski definition) is 3. The van der Waals surface area contributed by atoms with Crippen molar-refractivity contribution in [3.8, 4) is 0 Å². The Morgan fingerprint density at radius 1 is 0.303 bits per heavy atom. The normalized spacial score (nSPS) is 14.1. The van der Waals surface area contributed by atoms with Gasteiger partial charge in [0, 0.05) is 25.7 Å². The maximum atomic E-state index is 13.0. The minimum absolute atomic E-state index is 0.106. The second-order valence-electron chi connectivity index (χ2n) is 26.2. The molecule has 0 radical (unpaired) electrons. The van der Waals surface area contributed by atoms with Crippen molar-refractivity contribution in [2.45, 2.75) is 374 Å². The van der Waals surface area contributed by atoms with E-state index in [0.717, 1.165) is 102 Å². The zero-order valence-electron chi connectivity index (χ0n) is 57.7. The van der Waals surface area contributed by atoms with Gasteiger partial charge in [0.05, 0.1) is 26.4 Å². The van der Waals surface area contributed by atoms with Crippen LogP contribution < -0.4 is 0 Å². The number of ether oxygens (including phenoxy) is 4. The van der Waals surface area contributed by atoms with Gasteiger partial charge in [-0.1, -0.05) is 305 Å². The van der Waals surface area contributed by atoms with E-state index in [1.807, 2.05) is 0 Å². The van der Waals surface area contributed by atoms with Crippen LogP contribution in [0.1, 0.15) is 356 Å². The molecule has 0 rings (SSSR count). The van der Waals surface area contributed by atoms with E-state index >= 15 is 0 Å². The van der Waals surface area contributed by atoms with E-state index < -0.39 is 97.5 Å². The molecule has 0 aromatic rings. The molecular formula is C70H136O17P2. The molecule has 0 aliphatic rings. The van der Waals surface area contributed by atoms with Crippen LogP contribution >= 0.6 is 15.6 Å². The summed E-state index contributed by atoms with van der Waals surface area (Å²) >= 11 is 0. The zero-order valence-corrected chi connectivity index (χ0v) is 59.5. The molecule has 0 fully saturated rings. The van der Waals surface area contributed by atoms with Crippen molar-refractivity contribution in [2.24, 2.45) is 11.8 Å². The van der Waals surface area contributed by atoms with E-state index in [-0.39, 0.29) is 25.7 Å². The Kier molecular flexibility index (Phi) is 60.8. The van der Waals surface area contributed by atoms with E-state index in [0.29, 0.717) is 31.6 Å². The minimum atomic E-state index is -4.95. The molecule has 0 saturated carbocycles. The van der Waals surface area contributed by atoms with Crippen molar-refractivity contribution in [1.29, 1.82) is 0 Å². The van der Waals surface area contributed by atoms with Gasteiger partial charge in [-0.3, -0.25) is 37.3 Å². The van der Waals surface area contributed by atoms with Crippen molar-refractivity contribution in [2.75, 3.05) is 39.6 Å². The van der Waals surface area contributed by atoms with Crippen LogP contribution in [0.5, 0.6) is 0 Å². The summed E-state index contributed by atoms with van der Waals surface area (Å²) in [5, 5.41) is 10.6. The molecule has 0 aromatic heterocycles. The van der Waals surface area contributed by atoms with Crippen LogP contribution in [0.4, 0.5) is 0 Å². The summed E-state index contributed by atoms with van der Waals surface area (Å²) in [7, 11) is -9.90. The fraction of sp³-hybridized carbons (Fsp3) is 0.943. The Hall–Kier alpha value is -1.94. The van der Waals surface area contributed by atoms with Crippen molar-refractivity contribution in [3.63, 3.8) is 0 Å². The van der Waals surface area contributed by atoms with Crippen molar-refractivity contribution in [1.82, 2.24) is 0 Å². The summed E-state index contributed by atoms with van der Waals surface area (Å²) < 4.78 is 68.3. The third-order valence-electron chi connectivity index (χ3n) is 16.2. The molecule has 2 unspecified atom stereocenters. The molecule has 5 atom stereocenters. The van der Waals surface area contributed by atoms with Gasteiger partial charge in [-0.2, -0.15) is 0 Å². The van der Waals surface area contributed by atoms with Gasteiger partial charge in [-0.25, -0.2) is 9.13 Å². The predicted molar refractivity (Wildman–Crippen MR) is 358 cm³/mol. The molecule has 0 aliphatic heterocycles. The first-order valence-corrected chi connectivity index (χ1v) is 39.5. The number of hydrogen-bond acceptors (Lipinski definition) is 15. The number of unbranched alkanes of at least 4 members (excludes halogenated alkanes) is 39. The molecule has 3 N–H and O–H groups in total. The molecule has 0 spiro atoms. The first-order chi connectivity index (χ1) is 42.9. The van der Waals surface area contributed by atoms with Crippen LogP contribution in [0.2, 0.25) is 0 Å². The fourth-order valence-corrected chi connectivity index (χ4v) is 12.2. The van der Waals surface area contributed by atoms with E-state index in [2.05, 4.69) is 41.5 Å². The summed E-state index contributed by atoms with van der Waals surface area (Å²) in [5.41, 5.74) is 0. The Balaban J connectivity index is 5.25. The molecule has 19 heteroatoms. The van der Waals surface area contributed by atoms with Gasteiger partial charge in [0.15, 0.2) is 12.2 Å². The molecular weight excluding hydrogens is 1170 g/mol. The maximum absolute atomic E-state index is 13.0. The second kappa shape index (κ2) is 62.2. The number of carbonyl (C=O) groups excluding carboxylic acids is 4. The van der Waals surface area contributed by atoms with Crippen molar-refractivity contribution in [3.05, 3.63) is 0 Å². The Morgan fingerprint density at radius 2 is 0.517 bits per heavy atom. The first-order valence-electron chi connectivity index (χ1n) is 36.5. The molecule has 89 heavy (non-hydrogen) atoms. The van der Waals surface area contributed by atoms with Gasteiger partial charge in [-0.15, -0.1) is 0 Å². The number of phosphoric ester groups is 2. The maximum Gasteiger partial charge on any atom is 0.472 e. The minimum Gasteiger partial charge on any atom is -0.462 e. The highest BCUT2D eigenvalue weighted by Gasteiger charge is 2.30. The van der Waals surface area contributed by atoms with Crippen LogP contribution in [-0.4, -0.2) is 96.7 Å². The zero-order chi connectivity index (χ0) is 65.7. The molecule has 0 bridgehead atoms. The van der Waals surface area contributed by atoms with Gasteiger partial charge in [0.2, 0.25) is 0 Å². The van der Waals surface area contributed by atoms with Gasteiger partial charge < -0.3 is 33.8 Å². The van der Waals surface area contributed by atoms with Crippen molar-refractivity contribution >= 4 is 39.5 Å². The molecule has 0 aromatic carbocycles. The second-order valence-corrected chi connectivity index (χ2v) is 29.1. The molecule has 0 heterocycles. The number of aliphatic hydroxyl groups excluding tert-OH is 1. The highest BCUT2D eigenvalue weighted by Crippen LogP contribution is 2.45. The quantitative estimate of drug-likeness (QED) is 0.0222. The third-order valence-corrected chi connectivity index (χ3v) is 18.1. The van der Waals surface area contributed by atoms with Gasteiger partial charge >= 0.3 is 39.5 Å². The molecule has 0 amide bonds. The number of esters is 4. The molecule has 17 nitrogen and oxygen atoms in total. The lowest BCUT2D eigenvalue weighted by Gasteiger charge is -2.21. The lowest BCUT2D eigenvalue weighted by molar-refractivity contribution is -0.161. The highest BCUT2D eigenvalue weighted by molar-refractivity contribution is 7.47. The first kappa shape index (κ1) is 87.1. The van der Waals surface area contributed by atoms with Crippen LogP contribution in [0, 0.1) is 11.8 Å². The Morgan fingerprint density at radius 3 is 0.764 bits per heavy atom. The number of carbonyl (C=O) groups is 4. The summed E-state index contributed by atoms with van der Waals surface area (Å²) in [6.07, 6.45) is 47.2. The molecule has 0 aliphatic carbocycles.